The van der Waals surface area contributed by atoms with E-state index in [2.05, 4.69) is 20.9 Å². The minimum absolute atomic E-state index is 0.0854. The lowest BCUT2D eigenvalue weighted by atomic mass is 9.97. The van der Waals surface area contributed by atoms with Crippen molar-refractivity contribution in [3.05, 3.63) is 101 Å². The number of carbonyl (C=O) groups is 4. The number of amides is 4. The zero-order valence-electron chi connectivity index (χ0n) is 22.9. The minimum atomic E-state index is -1.19. The van der Waals surface area contributed by atoms with Gasteiger partial charge in [-0.25, -0.2) is 9.59 Å². The normalized spacial score (nSPS) is 16.6. The van der Waals surface area contributed by atoms with E-state index in [4.69, 9.17) is 10.1 Å². The van der Waals surface area contributed by atoms with Crippen molar-refractivity contribution in [1.29, 1.82) is 5.41 Å². The van der Waals surface area contributed by atoms with Crippen molar-refractivity contribution >= 4 is 29.8 Å². The van der Waals surface area contributed by atoms with Crippen LogP contribution in [0.3, 0.4) is 0 Å². The van der Waals surface area contributed by atoms with E-state index in [-0.39, 0.29) is 31.4 Å². The van der Waals surface area contributed by atoms with Crippen LogP contribution in [-0.4, -0.2) is 63.5 Å². The highest BCUT2D eigenvalue weighted by Gasteiger charge is 2.40. The molecule has 1 unspecified atom stereocenters. The Balaban J connectivity index is 1.23. The van der Waals surface area contributed by atoms with E-state index < -0.39 is 36.1 Å². The molecule has 1 aliphatic heterocycles. The van der Waals surface area contributed by atoms with E-state index in [1.54, 1.807) is 48.8 Å². The Kier molecular flexibility index (Phi) is 9.82. The third-order valence-electron chi connectivity index (χ3n) is 6.93. The number of aromatic nitrogens is 1. The number of hydrogen-bond donors (Lipinski definition) is 5. The molecule has 12 nitrogen and oxygen atoms in total. The van der Waals surface area contributed by atoms with Crippen molar-refractivity contribution < 1.29 is 29.0 Å². The smallest absolute Gasteiger partial charge is 0.413 e. The van der Waals surface area contributed by atoms with Gasteiger partial charge in [0.25, 0.3) is 0 Å². The number of likely N-dealkylation sites (tertiary alicyclic amines) is 1. The van der Waals surface area contributed by atoms with Crippen molar-refractivity contribution in [2.75, 3.05) is 6.54 Å². The fraction of sp³-hybridized carbons (Fsp3) is 0.267. The van der Waals surface area contributed by atoms with E-state index in [0.717, 1.165) is 21.6 Å². The third kappa shape index (κ3) is 7.90. The molecule has 1 aromatic heterocycles. The molecule has 0 aliphatic carbocycles. The van der Waals surface area contributed by atoms with Crippen LogP contribution in [0, 0.1) is 5.41 Å². The molecule has 0 saturated carbocycles. The standard InChI is InChI=1S/C30H32N6O6/c1-19(34-28(38)25-15-24(17-36(25)30(40)41)22-11-13-32-14-12-22)27(37)33-16-20-7-9-23(10-8-20)26(31)35-29(39)42-18-21-5-3-2-4-6-21/h2-14,19,24-25H,15-18H2,1H3,(H,33,37)(H,34,38)(H,40,41)(H2,31,35,39)/t19-,24+,25?/m0/s1. The molecule has 4 rings (SSSR count). The molecular weight excluding hydrogens is 540 g/mol. The molecule has 218 valence electrons. The molecule has 42 heavy (non-hydrogen) atoms. The van der Waals surface area contributed by atoms with Gasteiger partial charge in [0.1, 0.15) is 24.5 Å². The molecular formula is C30H32N6O6. The maximum atomic E-state index is 12.9. The van der Waals surface area contributed by atoms with Crippen molar-refractivity contribution in [2.24, 2.45) is 0 Å². The summed E-state index contributed by atoms with van der Waals surface area (Å²) in [6.07, 6.45) is 1.61. The molecule has 0 spiro atoms. The van der Waals surface area contributed by atoms with E-state index in [9.17, 15) is 24.3 Å². The first kappa shape index (κ1) is 29.7. The number of pyridine rings is 1. The van der Waals surface area contributed by atoms with Gasteiger partial charge in [-0.15, -0.1) is 0 Å². The number of benzene rings is 2. The van der Waals surface area contributed by atoms with Crippen LogP contribution >= 0.6 is 0 Å². The molecule has 3 aromatic rings. The van der Waals surface area contributed by atoms with Gasteiger partial charge in [0.15, 0.2) is 0 Å². The highest BCUT2D eigenvalue weighted by atomic mass is 16.5. The van der Waals surface area contributed by atoms with E-state index in [1.165, 1.54) is 6.92 Å². The summed E-state index contributed by atoms with van der Waals surface area (Å²) in [6, 6.07) is 17.6. The quantitative estimate of drug-likeness (QED) is 0.194. The maximum Gasteiger partial charge on any atom is 0.413 e. The Bertz CT molecular complexity index is 1420. The summed E-state index contributed by atoms with van der Waals surface area (Å²) in [5.74, 6) is -1.25. The second-order valence-corrected chi connectivity index (χ2v) is 9.87. The van der Waals surface area contributed by atoms with Crippen LogP contribution in [0.15, 0.2) is 79.1 Å². The molecule has 5 N–H and O–H groups in total. The Morgan fingerprint density at radius 1 is 1.02 bits per heavy atom. The highest BCUT2D eigenvalue weighted by molar-refractivity contribution is 6.04. The van der Waals surface area contributed by atoms with Crippen LogP contribution in [0.5, 0.6) is 0 Å². The molecule has 0 radical (unpaired) electrons. The van der Waals surface area contributed by atoms with Crippen LogP contribution in [0.4, 0.5) is 9.59 Å². The van der Waals surface area contributed by atoms with Gasteiger partial charge in [0, 0.05) is 37.0 Å². The third-order valence-corrected chi connectivity index (χ3v) is 6.93. The highest BCUT2D eigenvalue weighted by Crippen LogP contribution is 2.31. The summed E-state index contributed by atoms with van der Waals surface area (Å²) in [6.45, 7) is 1.95. The topological polar surface area (TPSA) is 174 Å². The summed E-state index contributed by atoms with van der Waals surface area (Å²) in [5.41, 5.74) is 2.91. The Hall–Kier alpha value is -5.26. The first-order chi connectivity index (χ1) is 20.2. The maximum absolute atomic E-state index is 12.9. The van der Waals surface area contributed by atoms with Crippen LogP contribution in [0.25, 0.3) is 0 Å². The van der Waals surface area contributed by atoms with Gasteiger partial charge in [0.05, 0.1) is 0 Å². The van der Waals surface area contributed by atoms with Gasteiger partial charge in [0.2, 0.25) is 11.8 Å². The number of carbonyl (C=O) groups excluding carboxylic acids is 3. The number of nitrogens with one attached hydrogen (secondary N) is 4. The number of amidine groups is 1. The van der Waals surface area contributed by atoms with Crippen molar-refractivity contribution in [3.63, 3.8) is 0 Å². The average molecular weight is 573 g/mol. The molecule has 2 aromatic carbocycles. The number of carboxylic acid groups (broad SMARTS) is 1. The molecule has 2 heterocycles. The van der Waals surface area contributed by atoms with Gasteiger partial charge >= 0.3 is 12.2 Å². The zero-order chi connectivity index (χ0) is 30.1. The van der Waals surface area contributed by atoms with Crippen LogP contribution in [0.1, 0.15) is 41.5 Å². The fourth-order valence-corrected chi connectivity index (χ4v) is 4.61. The number of nitrogens with zero attached hydrogens (tertiary/aromatic N) is 2. The minimum Gasteiger partial charge on any atom is -0.465 e. The predicted molar refractivity (Wildman–Crippen MR) is 153 cm³/mol. The molecule has 1 aliphatic rings. The second-order valence-electron chi connectivity index (χ2n) is 9.87. The van der Waals surface area contributed by atoms with Crippen LogP contribution in [-0.2, 0) is 27.5 Å². The number of alkyl carbamates (subject to hydrolysis) is 1. The monoisotopic (exact) mass is 572 g/mol. The van der Waals surface area contributed by atoms with Crippen LogP contribution < -0.4 is 16.0 Å². The lowest BCUT2D eigenvalue weighted by Crippen LogP contribution is -2.51. The molecule has 1 saturated heterocycles. The summed E-state index contributed by atoms with van der Waals surface area (Å²) < 4.78 is 5.13. The summed E-state index contributed by atoms with van der Waals surface area (Å²) in [4.78, 5) is 54.5. The second kappa shape index (κ2) is 13.9. The summed E-state index contributed by atoms with van der Waals surface area (Å²) in [7, 11) is 0. The SMILES string of the molecule is C[C@H](NC(=O)C1C[C@@H](c2ccncc2)CN1C(=O)O)C(=O)NCc1ccc(C(=N)NC(=O)OCc2ccccc2)cc1. The summed E-state index contributed by atoms with van der Waals surface area (Å²) in [5, 5.41) is 25.5. The lowest BCUT2D eigenvalue weighted by Gasteiger charge is -2.22. The van der Waals surface area contributed by atoms with Gasteiger partial charge in [-0.2, -0.15) is 0 Å². The fourth-order valence-electron chi connectivity index (χ4n) is 4.61. The lowest BCUT2D eigenvalue weighted by molar-refractivity contribution is -0.130. The van der Waals surface area contributed by atoms with Gasteiger partial charge in [-0.1, -0.05) is 54.6 Å². The molecule has 3 atom stereocenters. The van der Waals surface area contributed by atoms with Gasteiger partial charge in [-0.3, -0.25) is 30.2 Å². The molecule has 12 heteroatoms. The predicted octanol–water partition coefficient (Wildman–Crippen LogP) is 2.99. The molecule has 1 fully saturated rings. The van der Waals surface area contributed by atoms with E-state index >= 15 is 0 Å². The Morgan fingerprint density at radius 3 is 2.38 bits per heavy atom. The number of ether oxygens (including phenoxy) is 1. The number of rotatable bonds is 9. The van der Waals surface area contributed by atoms with Gasteiger partial charge < -0.3 is 20.5 Å². The van der Waals surface area contributed by atoms with E-state index in [0.29, 0.717) is 12.0 Å². The number of hydrogen-bond acceptors (Lipinski definition) is 7. The molecule has 0 bridgehead atoms. The van der Waals surface area contributed by atoms with Crippen molar-refractivity contribution in [1.82, 2.24) is 25.8 Å². The first-order valence-corrected chi connectivity index (χ1v) is 13.3. The van der Waals surface area contributed by atoms with Crippen LogP contribution in [0.2, 0.25) is 0 Å². The Morgan fingerprint density at radius 2 is 1.71 bits per heavy atom. The van der Waals surface area contributed by atoms with Crippen molar-refractivity contribution in [3.8, 4) is 0 Å². The van der Waals surface area contributed by atoms with Gasteiger partial charge in [-0.05, 0) is 42.2 Å². The van der Waals surface area contributed by atoms with Crippen molar-refractivity contribution in [2.45, 2.75) is 44.5 Å². The Labute approximate surface area is 242 Å². The molecule has 4 amide bonds. The largest absolute Gasteiger partial charge is 0.465 e. The summed E-state index contributed by atoms with van der Waals surface area (Å²) >= 11 is 0. The van der Waals surface area contributed by atoms with E-state index in [1.807, 2.05) is 30.3 Å². The average Bonchev–Trinajstić information content (AvgIpc) is 3.46. The first-order valence-electron chi connectivity index (χ1n) is 13.3. The zero-order valence-corrected chi connectivity index (χ0v) is 22.9.